The monoisotopic (exact) mass is 351 g/mol. The Morgan fingerprint density at radius 2 is 1.75 bits per heavy atom. The van der Waals surface area contributed by atoms with Gasteiger partial charge in [-0.15, -0.1) is 0 Å². The smallest absolute Gasteiger partial charge is 0.336 e. The molecule has 2 aromatic rings. The first-order valence-electron chi connectivity index (χ1n) is 6.88. The van der Waals surface area contributed by atoms with Crippen molar-refractivity contribution in [2.24, 2.45) is 0 Å². The van der Waals surface area contributed by atoms with Crippen LogP contribution in [0.15, 0.2) is 41.3 Å². The van der Waals surface area contributed by atoms with Gasteiger partial charge in [0.2, 0.25) is 0 Å². The molecule has 7 nitrogen and oxygen atoms in total. The van der Waals surface area contributed by atoms with Crippen molar-refractivity contribution in [2.75, 3.05) is 18.9 Å². The Labute approximate surface area is 139 Å². The van der Waals surface area contributed by atoms with Crippen molar-refractivity contribution in [1.29, 1.82) is 0 Å². The molecule has 8 heteroatoms. The van der Waals surface area contributed by atoms with E-state index in [1.54, 1.807) is 0 Å². The fourth-order valence-electron chi connectivity index (χ4n) is 2.17. The highest BCUT2D eigenvalue weighted by Gasteiger charge is 2.19. The molecule has 0 aliphatic rings. The number of aromatic carboxylic acids is 1. The summed E-state index contributed by atoms with van der Waals surface area (Å²) in [6.07, 6.45) is 0. The van der Waals surface area contributed by atoms with Gasteiger partial charge in [0, 0.05) is 6.07 Å². The molecule has 2 N–H and O–H groups in total. The highest BCUT2D eigenvalue weighted by Crippen LogP contribution is 2.30. The lowest BCUT2D eigenvalue weighted by Gasteiger charge is -2.14. The minimum absolute atomic E-state index is 0.0275. The topological polar surface area (TPSA) is 102 Å². The van der Waals surface area contributed by atoms with Crippen molar-refractivity contribution in [2.45, 2.75) is 11.8 Å². The lowest BCUT2D eigenvalue weighted by molar-refractivity contribution is 0.0696. The molecule has 0 atom stereocenters. The molecule has 0 radical (unpaired) electrons. The highest BCUT2D eigenvalue weighted by atomic mass is 32.2. The molecule has 0 heterocycles. The van der Waals surface area contributed by atoms with Gasteiger partial charge in [-0.2, -0.15) is 0 Å². The first kappa shape index (κ1) is 17.6. The summed E-state index contributed by atoms with van der Waals surface area (Å²) in [5, 5.41) is 9.12. The third kappa shape index (κ3) is 3.43. The van der Waals surface area contributed by atoms with Gasteiger partial charge in [-0.25, -0.2) is 13.2 Å². The van der Waals surface area contributed by atoms with Gasteiger partial charge >= 0.3 is 5.97 Å². The Bertz CT molecular complexity index is 876. The molecule has 2 rings (SSSR count). The minimum atomic E-state index is -3.91. The van der Waals surface area contributed by atoms with Crippen LogP contribution in [-0.4, -0.2) is 33.7 Å². The van der Waals surface area contributed by atoms with Crippen molar-refractivity contribution >= 4 is 21.7 Å². The van der Waals surface area contributed by atoms with E-state index in [9.17, 15) is 13.2 Å². The average Bonchev–Trinajstić information content (AvgIpc) is 2.55. The summed E-state index contributed by atoms with van der Waals surface area (Å²) < 4.78 is 37.7. The predicted octanol–water partition coefficient (Wildman–Crippen LogP) is 2.51. The predicted molar refractivity (Wildman–Crippen MR) is 88.5 cm³/mol. The summed E-state index contributed by atoms with van der Waals surface area (Å²) in [5.41, 5.74) is 0.557. The lowest BCUT2D eigenvalue weighted by atomic mass is 10.1. The van der Waals surface area contributed by atoms with E-state index >= 15 is 0 Å². The van der Waals surface area contributed by atoms with Crippen LogP contribution in [0.4, 0.5) is 5.69 Å². The molecule has 0 spiro atoms. The van der Waals surface area contributed by atoms with Gasteiger partial charge in [-0.3, -0.25) is 4.72 Å². The van der Waals surface area contributed by atoms with E-state index in [-0.39, 0.29) is 21.9 Å². The summed E-state index contributed by atoms with van der Waals surface area (Å²) in [5.74, 6) is -0.448. The molecule has 0 aromatic heterocycles. The number of carboxylic acids is 1. The standard InChI is InChI=1S/C16H17NO6S/c1-10-12(16(18)19)5-4-6-13(10)17-24(20,21)11-7-8-14(22-2)15(9-11)23-3/h4-9,17H,1-3H3,(H,18,19). The average molecular weight is 351 g/mol. The second-order valence-corrected chi connectivity index (χ2v) is 6.59. The van der Waals surface area contributed by atoms with Crippen molar-refractivity contribution in [1.82, 2.24) is 0 Å². The summed E-state index contributed by atoms with van der Waals surface area (Å²) >= 11 is 0. The Morgan fingerprint density at radius 1 is 1.08 bits per heavy atom. The van der Waals surface area contributed by atoms with Gasteiger partial charge < -0.3 is 14.6 Å². The summed E-state index contributed by atoms with van der Waals surface area (Å²) in [7, 11) is -1.06. The molecule has 0 bridgehead atoms. The number of sulfonamides is 1. The van der Waals surface area contributed by atoms with Crippen LogP contribution in [0.3, 0.4) is 0 Å². The van der Waals surface area contributed by atoms with E-state index in [4.69, 9.17) is 14.6 Å². The Hall–Kier alpha value is -2.74. The van der Waals surface area contributed by atoms with Crippen molar-refractivity contribution in [3.8, 4) is 11.5 Å². The van der Waals surface area contributed by atoms with Crippen LogP contribution in [0.5, 0.6) is 11.5 Å². The van der Waals surface area contributed by atoms with E-state index in [1.165, 1.54) is 57.5 Å². The SMILES string of the molecule is COc1ccc(S(=O)(=O)Nc2cccc(C(=O)O)c2C)cc1OC. The number of rotatable bonds is 6. The molecule has 0 saturated heterocycles. The molecule has 0 saturated carbocycles. The maximum Gasteiger partial charge on any atom is 0.336 e. The largest absolute Gasteiger partial charge is 0.493 e. The van der Waals surface area contributed by atoms with Gasteiger partial charge in [0.1, 0.15) is 0 Å². The third-order valence-corrected chi connectivity index (χ3v) is 4.84. The quantitative estimate of drug-likeness (QED) is 0.829. The van der Waals surface area contributed by atoms with Gasteiger partial charge in [0.05, 0.1) is 30.4 Å². The molecule has 0 amide bonds. The van der Waals surface area contributed by atoms with E-state index in [1.807, 2.05) is 0 Å². The zero-order valence-corrected chi connectivity index (χ0v) is 14.2. The molecular formula is C16H17NO6S. The van der Waals surface area contributed by atoms with Crippen molar-refractivity contribution in [3.05, 3.63) is 47.5 Å². The van der Waals surface area contributed by atoms with Crippen LogP contribution in [0, 0.1) is 6.92 Å². The van der Waals surface area contributed by atoms with Crippen LogP contribution in [0.1, 0.15) is 15.9 Å². The van der Waals surface area contributed by atoms with Crippen LogP contribution in [-0.2, 0) is 10.0 Å². The second-order valence-electron chi connectivity index (χ2n) is 4.91. The Morgan fingerprint density at radius 3 is 2.33 bits per heavy atom. The van der Waals surface area contributed by atoms with Crippen LogP contribution in [0.2, 0.25) is 0 Å². The molecule has 0 fully saturated rings. The maximum absolute atomic E-state index is 12.5. The number of benzene rings is 2. The van der Waals surface area contributed by atoms with Gasteiger partial charge in [0.15, 0.2) is 11.5 Å². The van der Waals surface area contributed by atoms with Crippen molar-refractivity contribution in [3.63, 3.8) is 0 Å². The number of anilines is 1. The van der Waals surface area contributed by atoms with E-state index in [2.05, 4.69) is 4.72 Å². The molecule has 0 unspecified atom stereocenters. The second kappa shape index (κ2) is 6.79. The molecule has 24 heavy (non-hydrogen) atoms. The summed E-state index contributed by atoms with van der Waals surface area (Å²) in [4.78, 5) is 11.1. The Kier molecular flexibility index (Phi) is 4.99. The van der Waals surface area contributed by atoms with Crippen LogP contribution >= 0.6 is 0 Å². The Balaban J connectivity index is 2.43. The fraction of sp³-hybridized carbons (Fsp3) is 0.188. The maximum atomic E-state index is 12.5. The zero-order valence-electron chi connectivity index (χ0n) is 13.4. The normalized spacial score (nSPS) is 11.0. The summed E-state index contributed by atoms with van der Waals surface area (Å²) in [6, 6.07) is 8.57. The molecule has 2 aromatic carbocycles. The number of carbonyl (C=O) groups is 1. The number of ether oxygens (including phenoxy) is 2. The van der Waals surface area contributed by atoms with Crippen LogP contribution < -0.4 is 14.2 Å². The number of carboxylic acid groups (broad SMARTS) is 1. The lowest BCUT2D eigenvalue weighted by Crippen LogP contribution is -2.15. The number of hydrogen-bond acceptors (Lipinski definition) is 5. The van der Waals surface area contributed by atoms with E-state index in [0.29, 0.717) is 11.3 Å². The fourth-order valence-corrected chi connectivity index (χ4v) is 3.30. The highest BCUT2D eigenvalue weighted by molar-refractivity contribution is 7.92. The van der Waals surface area contributed by atoms with Gasteiger partial charge in [-0.1, -0.05) is 6.07 Å². The third-order valence-electron chi connectivity index (χ3n) is 3.47. The zero-order chi connectivity index (χ0) is 17.9. The number of nitrogens with one attached hydrogen (secondary N) is 1. The molecule has 128 valence electrons. The van der Waals surface area contributed by atoms with Crippen molar-refractivity contribution < 1.29 is 27.8 Å². The van der Waals surface area contributed by atoms with Crippen LogP contribution in [0.25, 0.3) is 0 Å². The molecule has 0 aliphatic heterocycles. The van der Waals surface area contributed by atoms with E-state index < -0.39 is 16.0 Å². The van der Waals surface area contributed by atoms with Gasteiger partial charge in [0.25, 0.3) is 10.0 Å². The minimum Gasteiger partial charge on any atom is -0.493 e. The van der Waals surface area contributed by atoms with E-state index in [0.717, 1.165) is 0 Å². The first-order chi connectivity index (χ1) is 11.3. The van der Waals surface area contributed by atoms with Gasteiger partial charge in [-0.05, 0) is 36.8 Å². The number of methoxy groups -OCH3 is 2. The summed E-state index contributed by atoms with van der Waals surface area (Å²) in [6.45, 7) is 1.54. The molecular weight excluding hydrogens is 334 g/mol. The molecule has 0 aliphatic carbocycles. The first-order valence-corrected chi connectivity index (χ1v) is 8.36. The number of hydrogen-bond donors (Lipinski definition) is 2.